The van der Waals surface area contributed by atoms with Crippen molar-refractivity contribution >= 4 is 38.9 Å². The van der Waals surface area contributed by atoms with Gasteiger partial charge in [-0.15, -0.1) is 0 Å². The summed E-state index contributed by atoms with van der Waals surface area (Å²) in [6.07, 6.45) is 2.06. The van der Waals surface area contributed by atoms with Gasteiger partial charge in [-0.1, -0.05) is 29.3 Å². The van der Waals surface area contributed by atoms with Gasteiger partial charge >= 0.3 is 6.09 Å². The average molecular weight is 437 g/mol. The first-order valence-corrected chi connectivity index (χ1v) is 10.6. The van der Waals surface area contributed by atoms with E-state index in [2.05, 4.69) is 15.3 Å². The van der Waals surface area contributed by atoms with E-state index in [0.717, 1.165) is 9.54 Å². The molecular formula is C19H21ClN4O4S. The Bertz CT molecular complexity index is 1170. The fraction of sp³-hybridized carbons (Fsp3) is 0.316. The number of hydrogen-bond donors (Lipinski definition) is 1. The Morgan fingerprint density at radius 3 is 2.52 bits per heavy atom. The van der Waals surface area contributed by atoms with Crippen LogP contribution in [0.1, 0.15) is 32.0 Å². The van der Waals surface area contributed by atoms with Crippen LogP contribution in [0.4, 0.5) is 4.79 Å². The van der Waals surface area contributed by atoms with Crippen LogP contribution in [0.25, 0.3) is 11.2 Å². The number of carbonyl (C=O) groups is 1. The van der Waals surface area contributed by atoms with E-state index in [4.69, 9.17) is 16.3 Å². The SMILES string of the molecule is Cc1ccc(S(=O)(=O)n2cc(Cl)c3nc(CNC(=O)OC(C)(C)C)cnc32)cc1. The first kappa shape index (κ1) is 21.1. The number of hydrogen-bond acceptors (Lipinski definition) is 6. The maximum atomic E-state index is 13.0. The molecule has 0 spiro atoms. The Labute approximate surface area is 173 Å². The van der Waals surface area contributed by atoms with Crippen LogP contribution in [0.5, 0.6) is 0 Å². The highest BCUT2D eigenvalue weighted by atomic mass is 35.5. The zero-order valence-electron chi connectivity index (χ0n) is 16.4. The molecule has 3 rings (SSSR count). The molecule has 1 aromatic carbocycles. The van der Waals surface area contributed by atoms with Gasteiger partial charge in [0.2, 0.25) is 0 Å². The van der Waals surface area contributed by atoms with E-state index in [1.54, 1.807) is 32.9 Å². The minimum absolute atomic E-state index is 0.0596. The lowest BCUT2D eigenvalue weighted by molar-refractivity contribution is 0.0523. The van der Waals surface area contributed by atoms with Crippen LogP contribution in [0.2, 0.25) is 5.02 Å². The van der Waals surface area contributed by atoms with Crippen LogP contribution in [-0.4, -0.2) is 34.1 Å². The second-order valence-corrected chi connectivity index (χ2v) is 9.70. The van der Waals surface area contributed by atoms with Gasteiger partial charge in [0.15, 0.2) is 5.65 Å². The van der Waals surface area contributed by atoms with Crippen LogP contribution < -0.4 is 5.32 Å². The van der Waals surface area contributed by atoms with Crippen molar-refractivity contribution in [3.05, 3.63) is 52.9 Å². The summed E-state index contributed by atoms with van der Waals surface area (Å²) in [5.74, 6) is 0. The first-order valence-electron chi connectivity index (χ1n) is 8.79. The van der Waals surface area contributed by atoms with Gasteiger partial charge in [-0.05, 0) is 39.8 Å². The Hall–Kier alpha value is -2.65. The minimum atomic E-state index is -3.88. The normalized spacial score (nSPS) is 12.2. The summed E-state index contributed by atoms with van der Waals surface area (Å²) in [6.45, 7) is 7.21. The smallest absolute Gasteiger partial charge is 0.407 e. The summed E-state index contributed by atoms with van der Waals surface area (Å²) in [5.41, 5.74) is 1.07. The fourth-order valence-electron chi connectivity index (χ4n) is 2.54. The lowest BCUT2D eigenvalue weighted by Crippen LogP contribution is -2.32. The number of fused-ring (bicyclic) bond motifs is 1. The van der Waals surface area contributed by atoms with E-state index in [-0.39, 0.29) is 27.6 Å². The highest BCUT2D eigenvalue weighted by Gasteiger charge is 2.23. The van der Waals surface area contributed by atoms with Gasteiger partial charge < -0.3 is 10.1 Å². The van der Waals surface area contributed by atoms with Crippen molar-refractivity contribution in [2.24, 2.45) is 0 Å². The number of amides is 1. The van der Waals surface area contributed by atoms with Crippen LogP contribution >= 0.6 is 11.6 Å². The van der Waals surface area contributed by atoms with Crippen molar-refractivity contribution in [2.45, 2.75) is 44.7 Å². The lowest BCUT2D eigenvalue weighted by Gasteiger charge is -2.19. The Morgan fingerprint density at radius 2 is 1.90 bits per heavy atom. The van der Waals surface area contributed by atoms with E-state index >= 15 is 0 Å². The van der Waals surface area contributed by atoms with E-state index < -0.39 is 21.7 Å². The van der Waals surface area contributed by atoms with Gasteiger partial charge in [-0.3, -0.25) is 0 Å². The molecule has 0 saturated carbocycles. The highest BCUT2D eigenvalue weighted by molar-refractivity contribution is 7.90. The molecule has 29 heavy (non-hydrogen) atoms. The molecule has 0 aliphatic carbocycles. The molecule has 154 valence electrons. The summed E-state index contributed by atoms with van der Waals surface area (Å²) < 4.78 is 32.1. The molecule has 0 unspecified atom stereocenters. The molecule has 2 aromatic heterocycles. The number of benzene rings is 1. The maximum Gasteiger partial charge on any atom is 0.407 e. The van der Waals surface area contributed by atoms with Crippen molar-refractivity contribution in [3.63, 3.8) is 0 Å². The van der Waals surface area contributed by atoms with E-state index in [1.165, 1.54) is 24.5 Å². The third-order valence-electron chi connectivity index (χ3n) is 3.86. The van der Waals surface area contributed by atoms with Gasteiger partial charge in [0.1, 0.15) is 11.1 Å². The van der Waals surface area contributed by atoms with Crippen molar-refractivity contribution < 1.29 is 17.9 Å². The molecular weight excluding hydrogens is 416 g/mol. The van der Waals surface area contributed by atoms with Crippen molar-refractivity contribution in [2.75, 3.05) is 0 Å². The number of nitrogens with one attached hydrogen (secondary N) is 1. The van der Waals surface area contributed by atoms with Gasteiger partial charge in [0.25, 0.3) is 10.0 Å². The molecule has 0 atom stereocenters. The molecule has 8 nitrogen and oxygen atoms in total. The third-order valence-corrected chi connectivity index (χ3v) is 5.80. The van der Waals surface area contributed by atoms with Crippen LogP contribution in [0.3, 0.4) is 0 Å². The monoisotopic (exact) mass is 436 g/mol. The summed E-state index contributed by atoms with van der Waals surface area (Å²) in [6, 6.07) is 6.48. The number of alkyl carbamates (subject to hydrolysis) is 1. The molecule has 2 heterocycles. The van der Waals surface area contributed by atoms with Crippen molar-refractivity contribution in [3.8, 4) is 0 Å². The number of carbonyl (C=O) groups excluding carboxylic acids is 1. The second-order valence-electron chi connectivity index (χ2n) is 7.48. The quantitative estimate of drug-likeness (QED) is 0.669. The number of rotatable bonds is 4. The predicted octanol–water partition coefficient (Wildman–Crippen LogP) is 3.65. The highest BCUT2D eigenvalue weighted by Crippen LogP contribution is 2.27. The molecule has 0 aliphatic rings. The molecule has 0 saturated heterocycles. The number of ether oxygens (including phenoxy) is 1. The molecule has 10 heteroatoms. The van der Waals surface area contributed by atoms with E-state index in [9.17, 15) is 13.2 Å². The molecule has 3 aromatic rings. The van der Waals surface area contributed by atoms with Crippen molar-refractivity contribution in [1.29, 1.82) is 0 Å². The fourth-order valence-corrected chi connectivity index (χ4v) is 4.13. The number of nitrogens with zero attached hydrogens (tertiary/aromatic N) is 3. The number of aryl methyl sites for hydroxylation is 1. The molecule has 0 aliphatic heterocycles. The van der Waals surface area contributed by atoms with Gasteiger partial charge in [-0.25, -0.2) is 27.2 Å². The van der Waals surface area contributed by atoms with Crippen LogP contribution in [0.15, 0.2) is 41.6 Å². The Kier molecular flexibility index (Phi) is 5.55. The number of aromatic nitrogens is 3. The van der Waals surface area contributed by atoms with Gasteiger partial charge in [0.05, 0.1) is 28.4 Å². The Morgan fingerprint density at radius 1 is 1.24 bits per heavy atom. The standard InChI is InChI=1S/C19H21ClN4O4S/c1-12-5-7-14(8-6-12)29(26,27)24-11-15(20)16-17(24)21-9-13(23-16)10-22-18(25)28-19(2,3)4/h5-9,11H,10H2,1-4H3,(H,22,25). The molecule has 1 amide bonds. The van der Waals surface area contributed by atoms with Crippen LogP contribution in [-0.2, 0) is 21.3 Å². The van der Waals surface area contributed by atoms with Gasteiger partial charge in [-0.2, -0.15) is 0 Å². The largest absolute Gasteiger partial charge is 0.444 e. The molecule has 0 radical (unpaired) electrons. The topological polar surface area (TPSA) is 103 Å². The number of halogens is 1. The zero-order chi connectivity index (χ0) is 21.4. The summed E-state index contributed by atoms with van der Waals surface area (Å²) in [5, 5.41) is 2.72. The second kappa shape index (κ2) is 7.64. The third kappa shape index (κ3) is 4.68. The maximum absolute atomic E-state index is 13.0. The zero-order valence-corrected chi connectivity index (χ0v) is 18.0. The lowest BCUT2D eigenvalue weighted by atomic mass is 10.2. The summed E-state index contributed by atoms with van der Waals surface area (Å²) in [7, 11) is -3.88. The molecule has 0 fully saturated rings. The predicted molar refractivity (Wildman–Crippen MR) is 109 cm³/mol. The van der Waals surface area contributed by atoms with E-state index in [1.807, 2.05) is 6.92 Å². The molecule has 0 bridgehead atoms. The summed E-state index contributed by atoms with van der Waals surface area (Å²) >= 11 is 6.22. The average Bonchev–Trinajstić information content (AvgIpc) is 2.96. The Balaban J connectivity index is 1.89. The van der Waals surface area contributed by atoms with E-state index in [0.29, 0.717) is 5.69 Å². The van der Waals surface area contributed by atoms with Crippen LogP contribution in [0, 0.1) is 6.92 Å². The minimum Gasteiger partial charge on any atom is -0.444 e. The molecule has 1 N–H and O–H groups in total. The van der Waals surface area contributed by atoms with Gasteiger partial charge in [0, 0.05) is 6.20 Å². The first-order chi connectivity index (χ1) is 13.5. The van der Waals surface area contributed by atoms with Crippen molar-refractivity contribution in [1.82, 2.24) is 19.3 Å². The summed E-state index contributed by atoms with van der Waals surface area (Å²) in [4.78, 5) is 20.5.